The number of carbonyl (C=O) groups excluding carboxylic acids is 3. The van der Waals surface area contributed by atoms with E-state index in [9.17, 15) is 19.5 Å². The molecule has 214 valence electrons. The molecule has 0 saturated carbocycles. The number of hydrogen-bond donors (Lipinski definition) is 3. The SMILES string of the molecule is O=C(Nc1ccc2ccccc2c1)C1N(CCCCCO)C(=O)[C@@H]2[C@@H](C(=O)NCc3ccccc3)[C@@H]3SC12CC3Br. The number of unbranched alkanes of at least 4 members (excludes halogenated alkanes) is 2. The van der Waals surface area contributed by atoms with Gasteiger partial charge in [-0.1, -0.05) is 76.6 Å². The van der Waals surface area contributed by atoms with Crippen LogP contribution in [0.5, 0.6) is 0 Å². The van der Waals surface area contributed by atoms with Gasteiger partial charge >= 0.3 is 0 Å². The Kier molecular flexibility index (Phi) is 8.12. The minimum atomic E-state index is -0.692. The predicted molar refractivity (Wildman–Crippen MR) is 166 cm³/mol. The van der Waals surface area contributed by atoms with Crippen molar-refractivity contribution in [1.29, 1.82) is 0 Å². The second-order valence-electron chi connectivity index (χ2n) is 11.2. The van der Waals surface area contributed by atoms with E-state index in [2.05, 4.69) is 26.6 Å². The number of aliphatic hydroxyl groups is 1. The Hall–Kier alpha value is -2.88. The summed E-state index contributed by atoms with van der Waals surface area (Å²) in [6.07, 6.45) is 2.74. The van der Waals surface area contributed by atoms with Crippen molar-refractivity contribution >= 4 is 61.9 Å². The summed E-state index contributed by atoms with van der Waals surface area (Å²) in [4.78, 5) is 43.7. The van der Waals surface area contributed by atoms with Gasteiger partial charge in [-0.15, -0.1) is 11.8 Å². The van der Waals surface area contributed by atoms with E-state index in [0.29, 0.717) is 38.0 Å². The second kappa shape index (κ2) is 11.8. The lowest BCUT2D eigenvalue weighted by molar-refractivity contribution is -0.139. The minimum Gasteiger partial charge on any atom is -0.396 e. The number of alkyl halides is 1. The number of rotatable bonds is 10. The summed E-state index contributed by atoms with van der Waals surface area (Å²) in [6.45, 7) is 0.910. The lowest BCUT2D eigenvalue weighted by atomic mass is 9.70. The van der Waals surface area contributed by atoms with Gasteiger partial charge in [-0.2, -0.15) is 0 Å². The van der Waals surface area contributed by atoms with Crippen LogP contribution >= 0.6 is 27.7 Å². The zero-order valence-corrected chi connectivity index (χ0v) is 25.1. The van der Waals surface area contributed by atoms with Crippen LogP contribution in [0.1, 0.15) is 31.2 Å². The Morgan fingerprint density at radius 3 is 2.51 bits per heavy atom. The van der Waals surface area contributed by atoms with Gasteiger partial charge in [-0.25, -0.2) is 0 Å². The lowest BCUT2D eigenvalue weighted by Gasteiger charge is -2.35. The van der Waals surface area contributed by atoms with Crippen molar-refractivity contribution in [2.45, 2.75) is 53.1 Å². The van der Waals surface area contributed by atoms with Crippen LogP contribution in [0.2, 0.25) is 0 Å². The van der Waals surface area contributed by atoms with E-state index in [0.717, 1.165) is 22.8 Å². The third-order valence-corrected chi connectivity index (χ3v) is 11.9. The van der Waals surface area contributed by atoms with E-state index in [1.54, 1.807) is 16.7 Å². The first-order valence-electron chi connectivity index (χ1n) is 14.3. The number of nitrogens with zero attached hydrogens (tertiary/aromatic N) is 1. The number of fused-ring (bicyclic) bond motifs is 2. The first-order valence-corrected chi connectivity index (χ1v) is 16.1. The highest BCUT2D eigenvalue weighted by Crippen LogP contribution is 2.67. The molecule has 3 unspecified atom stereocenters. The topological polar surface area (TPSA) is 98.7 Å². The molecule has 3 aromatic rings. The third kappa shape index (κ3) is 5.17. The molecule has 0 radical (unpaired) electrons. The molecule has 7 nitrogen and oxygen atoms in total. The van der Waals surface area contributed by atoms with E-state index in [4.69, 9.17) is 0 Å². The summed E-state index contributed by atoms with van der Waals surface area (Å²) < 4.78 is -0.692. The molecule has 9 heteroatoms. The van der Waals surface area contributed by atoms with E-state index in [1.807, 2.05) is 72.8 Å². The molecule has 3 fully saturated rings. The Morgan fingerprint density at radius 1 is 0.976 bits per heavy atom. The number of benzene rings is 3. The van der Waals surface area contributed by atoms with Gasteiger partial charge in [0.2, 0.25) is 17.7 Å². The molecule has 3 aliphatic heterocycles. The van der Waals surface area contributed by atoms with Gasteiger partial charge in [0.15, 0.2) is 0 Å². The van der Waals surface area contributed by atoms with Crippen LogP contribution in [0.25, 0.3) is 10.8 Å². The van der Waals surface area contributed by atoms with Crippen LogP contribution in [0, 0.1) is 11.8 Å². The van der Waals surface area contributed by atoms with E-state index < -0.39 is 22.6 Å². The van der Waals surface area contributed by atoms with E-state index in [-0.39, 0.29) is 34.4 Å². The zero-order valence-electron chi connectivity index (χ0n) is 22.7. The number of amides is 3. The number of hydrogen-bond acceptors (Lipinski definition) is 5. The van der Waals surface area contributed by atoms with Crippen molar-refractivity contribution in [2.24, 2.45) is 11.8 Å². The molecule has 1 spiro atoms. The molecule has 3 aromatic carbocycles. The van der Waals surface area contributed by atoms with Crippen molar-refractivity contribution in [3.63, 3.8) is 0 Å². The van der Waals surface area contributed by atoms with Gasteiger partial charge in [0.05, 0.1) is 16.6 Å². The summed E-state index contributed by atoms with van der Waals surface area (Å²) in [7, 11) is 0. The van der Waals surface area contributed by atoms with Gasteiger partial charge in [0.1, 0.15) is 6.04 Å². The standard InChI is InChI=1S/C32H34BrN3O4S/c33-24-18-32-26(25(27(24)41-32)29(38)34-19-20-9-3-1-4-10-20)31(40)36(15-7-2-8-16-37)28(32)30(39)35-23-14-13-21-11-5-6-12-22(21)17-23/h1,3-6,9-14,17,24-28,37H,2,7-8,15-16,18-19H2,(H,34,38)(H,35,39)/t24?,25-,26+,27-,28?,32?/m1/s1. The highest BCUT2D eigenvalue weighted by atomic mass is 79.9. The molecular formula is C32H34BrN3O4S. The number of anilines is 1. The maximum atomic E-state index is 14.2. The van der Waals surface area contributed by atoms with Gasteiger partial charge in [0, 0.05) is 35.5 Å². The van der Waals surface area contributed by atoms with Crippen LogP contribution in [-0.2, 0) is 20.9 Å². The molecule has 0 aromatic heterocycles. The average molecular weight is 637 g/mol. The summed E-state index contributed by atoms with van der Waals surface area (Å²) >= 11 is 5.47. The first kappa shape index (κ1) is 28.2. The maximum Gasteiger partial charge on any atom is 0.248 e. The molecule has 6 atom stereocenters. The number of aliphatic hydroxyl groups excluding tert-OH is 1. The first-order chi connectivity index (χ1) is 19.9. The Bertz CT molecular complexity index is 1460. The summed E-state index contributed by atoms with van der Waals surface area (Å²) in [5.41, 5.74) is 1.68. The number of likely N-dealkylation sites (tertiary alicyclic amines) is 1. The molecule has 3 aliphatic rings. The second-order valence-corrected chi connectivity index (χ2v) is 14.0. The highest BCUT2D eigenvalue weighted by Gasteiger charge is 2.75. The molecule has 41 heavy (non-hydrogen) atoms. The normalized spacial score (nSPS) is 28.2. The van der Waals surface area contributed by atoms with Crippen molar-refractivity contribution in [1.82, 2.24) is 10.2 Å². The third-order valence-electron chi connectivity index (χ3n) is 8.72. The van der Waals surface area contributed by atoms with Gasteiger partial charge in [-0.3, -0.25) is 14.4 Å². The molecule has 3 heterocycles. The van der Waals surface area contributed by atoms with Crippen LogP contribution in [0.3, 0.4) is 0 Å². The highest BCUT2D eigenvalue weighted by molar-refractivity contribution is 9.09. The smallest absolute Gasteiger partial charge is 0.248 e. The number of thioether (sulfide) groups is 1. The molecule has 6 rings (SSSR count). The minimum absolute atomic E-state index is 0.0225. The van der Waals surface area contributed by atoms with Gasteiger partial charge < -0.3 is 20.6 Å². The largest absolute Gasteiger partial charge is 0.396 e. The van der Waals surface area contributed by atoms with Crippen LogP contribution < -0.4 is 10.6 Å². The number of halogens is 1. The Balaban J connectivity index is 1.29. The van der Waals surface area contributed by atoms with Gasteiger partial charge in [0.25, 0.3) is 0 Å². The molecule has 3 amide bonds. The fourth-order valence-corrected chi connectivity index (χ4v) is 10.5. The van der Waals surface area contributed by atoms with E-state index >= 15 is 0 Å². The monoisotopic (exact) mass is 635 g/mol. The van der Waals surface area contributed by atoms with Crippen LogP contribution in [0.4, 0.5) is 5.69 Å². The molecule has 3 N–H and O–H groups in total. The molecular weight excluding hydrogens is 602 g/mol. The van der Waals surface area contributed by atoms with Gasteiger partial charge in [-0.05, 0) is 54.2 Å². The van der Waals surface area contributed by atoms with Crippen molar-refractivity contribution in [3.8, 4) is 0 Å². The van der Waals surface area contributed by atoms with Crippen molar-refractivity contribution in [3.05, 3.63) is 78.4 Å². The lowest BCUT2D eigenvalue weighted by Crippen LogP contribution is -2.53. The Labute approximate surface area is 252 Å². The van der Waals surface area contributed by atoms with Crippen molar-refractivity contribution < 1.29 is 19.5 Å². The number of nitrogens with one attached hydrogen (secondary N) is 2. The van der Waals surface area contributed by atoms with Crippen LogP contribution in [0.15, 0.2) is 72.8 Å². The molecule has 3 saturated heterocycles. The predicted octanol–water partition coefficient (Wildman–Crippen LogP) is 4.72. The molecule has 0 aliphatic carbocycles. The van der Waals surface area contributed by atoms with E-state index in [1.165, 1.54) is 0 Å². The fraction of sp³-hybridized carbons (Fsp3) is 0.406. The number of carbonyl (C=O) groups is 3. The Morgan fingerprint density at radius 2 is 1.73 bits per heavy atom. The summed E-state index contributed by atoms with van der Waals surface area (Å²) in [6, 6.07) is 22.9. The summed E-state index contributed by atoms with van der Waals surface area (Å²) in [5, 5.41) is 17.5. The van der Waals surface area contributed by atoms with Crippen molar-refractivity contribution in [2.75, 3.05) is 18.5 Å². The zero-order chi connectivity index (χ0) is 28.6. The van der Waals surface area contributed by atoms with Crippen LogP contribution in [-0.4, -0.2) is 61.7 Å². The fourth-order valence-electron chi connectivity index (χ4n) is 6.92. The molecule has 2 bridgehead atoms. The quantitative estimate of drug-likeness (QED) is 0.221. The average Bonchev–Trinajstić information content (AvgIpc) is 3.57. The maximum absolute atomic E-state index is 14.2. The summed E-state index contributed by atoms with van der Waals surface area (Å²) in [5.74, 6) is -1.54.